The van der Waals surface area contributed by atoms with Gasteiger partial charge in [0.1, 0.15) is 5.75 Å². The maximum Gasteiger partial charge on any atom is 0.264 e. The summed E-state index contributed by atoms with van der Waals surface area (Å²) < 4.78 is 5.54. The fourth-order valence-electron chi connectivity index (χ4n) is 3.60. The Morgan fingerprint density at radius 2 is 1.82 bits per heavy atom. The lowest BCUT2D eigenvalue weighted by molar-refractivity contribution is -0.118. The smallest absolute Gasteiger partial charge is 0.264 e. The monoisotopic (exact) mass is 503 g/mol. The van der Waals surface area contributed by atoms with Crippen LogP contribution in [-0.4, -0.2) is 49.5 Å². The summed E-state index contributed by atoms with van der Waals surface area (Å²) in [5.41, 5.74) is 2.36. The molecule has 0 aliphatic carbocycles. The lowest BCUT2D eigenvalue weighted by Gasteiger charge is -2.36. The zero-order valence-corrected chi connectivity index (χ0v) is 20.3. The first-order valence-corrected chi connectivity index (χ1v) is 12.1. The van der Waals surface area contributed by atoms with Crippen molar-refractivity contribution < 1.29 is 14.3 Å². The number of hydrogen-bond donors (Lipinski definition) is 1. The third kappa shape index (κ3) is 5.79. The van der Waals surface area contributed by atoms with Crippen molar-refractivity contribution in [3.05, 3.63) is 74.4 Å². The van der Waals surface area contributed by atoms with E-state index in [1.807, 2.05) is 41.5 Å². The molecule has 0 bridgehead atoms. The van der Waals surface area contributed by atoms with Crippen LogP contribution in [0.3, 0.4) is 0 Å². The number of anilines is 2. The summed E-state index contributed by atoms with van der Waals surface area (Å²) in [6.45, 7) is 4.40. The first-order chi connectivity index (χ1) is 15.9. The van der Waals surface area contributed by atoms with E-state index in [2.05, 4.69) is 10.2 Å². The number of nitrogens with zero attached hydrogens (tertiary/aromatic N) is 2. The number of benzene rings is 2. The fourth-order valence-corrected chi connectivity index (χ4v) is 4.71. The van der Waals surface area contributed by atoms with Crippen molar-refractivity contribution >= 4 is 57.7 Å². The summed E-state index contributed by atoms with van der Waals surface area (Å²) in [6, 6.07) is 14.4. The summed E-state index contributed by atoms with van der Waals surface area (Å²) in [6.07, 6.45) is 0. The number of ether oxygens (including phenoxy) is 1. The van der Waals surface area contributed by atoms with E-state index in [9.17, 15) is 9.59 Å². The van der Waals surface area contributed by atoms with Gasteiger partial charge < -0.3 is 19.9 Å². The first kappa shape index (κ1) is 23.4. The minimum Gasteiger partial charge on any atom is -0.484 e. The van der Waals surface area contributed by atoms with Crippen LogP contribution in [0.5, 0.6) is 5.75 Å². The van der Waals surface area contributed by atoms with E-state index < -0.39 is 0 Å². The molecule has 0 atom stereocenters. The molecule has 33 heavy (non-hydrogen) atoms. The molecule has 1 saturated heterocycles. The van der Waals surface area contributed by atoms with Crippen LogP contribution in [0.15, 0.2) is 53.9 Å². The number of aryl methyl sites for hydroxylation is 1. The molecule has 0 unspecified atom stereocenters. The number of amides is 2. The van der Waals surface area contributed by atoms with E-state index in [1.165, 1.54) is 11.3 Å². The molecule has 0 radical (unpaired) electrons. The molecule has 4 rings (SSSR count). The predicted octanol–water partition coefficient (Wildman–Crippen LogP) is 5.34. The first-order valence-electron chi connectivity index (χ1n) is 10.5. The average molecular weight is 504 g/mol. The van der Waals surface area contributed by atoms with Gasteiger partial charge in [0, 0.05) is 36.9 Å². The van der Waals surface area contributed by atoms with Gasteiger partial charge >= 0.3 is 0 Å². The minimum absolute atomic E-state index is 0.0739. The van der Waals surface area contributed by atoms with E-state index in [0.717, 1.165) is 16.1 Å². The van der Waals surface area contributed by atoms with E-state index in [4.69, 9.17) is 27.9 Å². The zero-order valence-electron chi connectivity index (χ0n) is 18.0. The summed E-state index contributed by atoms with van der Waals surface area (Å²) >= 11 is 14.0. The minimum atomic E-state index is -0.285. The molecule has 1 aromatic heterocycles. The SMILES string of the molecule is Cc1cc(OCC(=O)Nc2ccc(N3CCN(C(=O)c4cccs4)CC3)c(Cl)c2)ccc1Cl. The molecule has 1 aliphatic rings. The van der Waals surface area contributed by atoms with Crippen LogP contribution in [-0.2, 0) is 4.79 Å². The second-order valence-electron chi connectivity index (χ2n) is 7.67. The number of thiophene rings is 1. The topological polar surface area (TPSA) is 61.9 Å². The number of rotatable bonds is 6. The van der Waals surface area contributed by atoms with Crippen molar-refractivity contribution in [3.8, 4) is 5.75 Å². The molecular formula is C24H23Cl2N3O3S. The molecule has 2 heterocycles. The number of halogens is 2. The summed E-state index contributed by atoms with van der Waals surface area (Å²) in [7, 11) is 0. The molecule has 1 fully saturated rings. The van der Waals surface area contributed by atoms with Crippen LogP contribution in [0.25, 0.3) is 0 Å². The van der Waals surface area contributed by atoms with E-state index in [-0.39, 0.29) is 18.4 Å². The molecule has 172 valence electrons. The van der Waals surface area contributed by atoms with Crippen molar-refractivity contribution in [1.82, 2.24) is 4.90 Å². The number of nitrogens with one attached hydrogen (secondary N) is 1. The highest BCUT2D eigenvalue weighted by atomic mass is 35.5. The lowest BCUT2D eigenvalue weighted by atomic mass is 10.2. The number of carbonyl (C=O) groups is 2. The second-order valence-corrected chi connectivity index (χ2v) is 9.43. The van der Waals surface area contributed by atoms with Crippen LogP contribution in [0.2, 0.25) is 10.0 Å². The quantitative estimate of drug-likeness (QED) is 0.492. The molecule has 0 spiro atoms. The number of carbonyl (C=O) groups excluding carboxylic acids is 2. The fraction of sp³-hybridized carbons (Fsp3) is 0.250. The van der Waals surface area contributed by atoms with Crippen LogP contribution in [0.1, 0.15) is 15.2 Å². The van der Waals surface area contributed by atoms with Crippen LogP contribution < -0.4 is 15.0 Å². The molecule has 9 heteroatoms. The van der Waals surface area contributed by atoms with Crippen molar-refractivity contribution in [1.29, 1.82) is 0 Å². The zero-order chi connectivity index (χ0) is 23.4. The predicted molar refractivity (Wildman–Crippen MR) is 134 cm³/mol. The molecule has 6 nitrogen and oxygen atoms in total. The molecule has 0 saturated carbocycles. The third-order valence-corrected chi connectivity index (χ3v) is 6.95. The van der Waals surface area contributed by atoms with Gasteiger partial charge in [-0.3, -0.25) is 9.59 Å². The van der Waals surface area contributed by atoms with Crippen LogP contribution in [0, 0.1) is 6.92 Å². The van der Waals surface area contributed by atoms with Crippen LogP contribution >= 0.6 is 34.5 Å². The Labute approximate surface area is 206 Å². The van der Waals surface area contributed by atoms with Crippen molar-refractivity contribution in [2.45, 2.75) is 6.92 Å². The van der Waals surface area contributed by atoms with E-state index >= 15 is 0 Å². The van der Waals surface area contributed by atoms with Crippen molar-refractivity contribution in [2.24, 2.45) is 0 Å². The summed E-state index contributed by atoms with van der Waals surface area (Å²) in [4.78, 5) is 29.6. The Morgan fingerprint density at radius 3 is 2.48 bits per heavy atom. The van der Waals surface area contributed by atoms with Crippen LogP contribution in [0.4, 0.5) is 11.4 Å². The molecular weight excluding hydrogens is 481 g/mol. The number of piperazine rings is 1. The van der Waals surface area contributed by atoms with E-state index in [1.54, 1.807) is 24.3 Å². The highest BCUT2D eigenvalue weighted by Crippen LogP contribution is 2.30. The molecule has 1 aliphatic heterocycles. The Kier molecular flexibility index (Phi) is 7.42. The Hall–Kier alpha value is -2.74. The second kappa shape index (κ2) is 10.5. The summed E-state index contributed by atoms with van der Waals surface area (Å²) in [5.74, 6) is 0.369. The van der Waals surface area contributed by atoms with Gasteiger partial charge in [0.2, 0.25) is 0 Å². The Balaban J connectivity index is 1.30. The van der Waals surface area contributed by atoms with Gasteiger partial charge in [-0.15, -0.1) is 11.3 Å². The maximum atomic E-state index is 12.5. The van der Waals surface area contributed by atoms with Gasteiger partial charge in [0.15, 0.2) is 6.61 Å². The van der Waals surface area contributed by atoms with Gasteiger partial charge in [-0.2, -0.15) is 0 Å². The molecule has 1 N–H and O–H groups in total. The van der Waals surface area contributed by atoms with Gasteiger partial charge in [-0.1, -0.05) is 29.3 Å². The highest BCUT2D eigenvalue weighted by molar-refractivity contribution is 7.12. The van der Waals surface area contributed by atoms with Crippen molar-refractivity contribution in [2.75, 3.05) is 43.0 Å². The van der Waals surface area contributed by atoms with Gasteiger partial charge in [0.05, 0.1) is 15.6 Å². The lowest BCUT2D eigenvalue weighted by Crippen LogP contribution is -2.48. The van der Waals surface area contributed by atoms with Gasteiger partial charge in [-0.25, -0.2) is 0 Å². The normalized spacial score (nSPS) is 13.7. The highest BCUT2D eigenvalue weighted by Gasteiger charge is 2.24. The molecule has 2 aromatic carbocycles. The Morgan fingerprint density at radius 1 is 1.03 bits per heavy atom. The summed E-state index contributed by atoms with van der Waals surface area (Å²) in [5, 5.41) is 5.90. The van der Waals surface area contributed by atoms with Crippen molar-refractivity contribution in [3.63, 3.8) is 0 Å². The largest absolute Gasteiger partial charge is 0.484 e. The Bertz CT molecular complexity index is 1150. The number of hydrogen-bond acceptors (Lipinski definition) is 5. The standard InChI is InChI=1S/C24H23Cl2N3O3S/c1-16-13-18(5-6-19(16)25)32-15-23(30)27-17-4-7-21(20(26)14-17)28-8-10-29(11-9-28)24(31)22-3-2-12-33-22/h2-7,12-14H,8-11,15H2,1H3,(H,27,30). The van der Waals surface area contributed by atoms with Gasteiger partial charge in [-0.05, 0) is 60.3 Å². The van der Waals surface area contributed by atoms with Gasteiger partial charge in [0.25, 0.3) is 11.8 Å². The third-order valence-electron chi connectivity index (χ3n) is 5.37. The molecule has 2 amide bonds. The van der Waals surface area contributed by atoms with E-state index in [0.29, 0.717) is 47.7 Å². The molecule has 3 aromatic rings. The average Bonchev–Trinajstić information content (AvgIpc) is 3.35. The maximum absolute atomic E-state index is 12.5.